The zero-order chi connectivity index (χ0) is 18.3. The zero-order valence-corrected chi connectivity index (χ0v) is 15.4. The topological polar surface area (TPSA) is 80.3 Å². The standard InChI is InChI=1S/C19H29N3O3/c1-19(2,3)25-18(24)22-16-7-5-4-6-15(16)21-17(23)9-8-14-10-12-20-13-11-14/h10-13,15-16H,4-9H2,1-3H3,(H,21,23)(H,22,24). The lowest BCUT2D eigenvalue weighted by atomic mass is 9.90. The molecule has 1 saturated carbocycles. The minimum atomic E-state index is -0.526. The molecule has 1 fully saturated rings. The Bertz CT molecular complexity index is 569. The molecule has 25 heavy (non-hydrogen) atoms. The molecule has 1 aromatic rings. The summed E-state index contributed by atoms with van der Waals surface area (Å²) in [7, 11) is 0. The second-order valence-electron chi connectivity index (χ2n) is 7.57. The fraction of sp³-hybridized carbons (Fsp3) is 0.632. The molecule has 2 unspecified atom stereocenters. The number of carbonyl (C=O) groups excluding carboxylic acids is 2. The maximum Gasteiger partial charge on any atom is 0.407 e. The highest BCUT2D eigenvalue weighted by Crippen LogP contribution is 2.19. The molecule has 0 spiro atoms. The Morgan fingerprint density at radius 1 is 1.12 bits per heavy atom. The molecule has 1 heterocycles. The molecule has 138 valence electrons. The predicted molar refractivity (Wildman–Crippen MR) is 96.1 cm³/mol. The van der Waals surface area contributed by atoms with E-state index in [1.165, 1.54) is 0 Å². The Hall–Kier alpha value is -2.11. The second kappa shape index (κ2) is 8.83. The molecule has 2 atom stereocenters. The van der Waals surface area contributed by atoms with Crippen LogP contribution in [0.25, 0.3) is 0 Å². The van der Waals surface area contributed by atoms with Gasteiger partial charge in [0.2, 0.25) is 5.91 Å². The number of aromatic nitrogens is 1. The Kier molecular flexibility index (Phi) is 6.79. The fourth-order valence-corrected chi connectivity index (χ4v) is 3.02. The zero-order valence-electron chi connectivity index (χ0n) is 15.4. The van der Waals surface area contributed by atoms with E-state index in [0.29, 0.717) is 12.8 Å². The van der Waals surface area contributed by atoms with E-state index in [1.807, 2.05) is 32.9 Å². The normalized spacial score (nSPS) is 20.6. The molecule has 0 aromatic carbocycles. The van der Waals surface area contributed by atoms with Crippen LogP contribution in [0.5, 0.6) is 0 Å². The Labute approximate surface area is 149 Å². The van der Waals surface area contributed by atoms with Gasteiger partial charge in [-0.15, -0.1) is 0 Å². The number of aryl methyl sites for hydroxylation is 1. The molecular weight excluding hydrogens is 318 g/mol. The first-order valence-corrected chi connectivity index (χ1v) is 9.01. The maximum atomic E-state index is 12.3. The number of ether oxygens (including phenoxy) is 1. The van der Waals surface area contributed by atoms with Crippen LogP contribution in [0, 0.1) is 0 Å². The summed E-state index contributed by atoms with van der Waals surface area (Å²) in [4.78, 5) is 28.3. The summed E-state index contributed by atoms with van der Waals surface area (Å²) < 4.78 is 5.33. The van der Waals surface area contributed by atoms with Crippen molar-refractivity contribution < 1.29 is 14.3 Å². The minimum Gasteiger partial charge on any atom is -0.444 e. The van der Waals surface area contributed by atoms with Gasteiger partial charge in [-0.05, 0) is 57.7 Å². The number of rotatable bonds is 5. The molecule has 2 N–H and O–H groups in total. The summed E-state index contributed by atoms with van der Waals surface area (Å²) in [5, 5.41) is 6.00. The summed E-state index contributed by atoms with van der Waals surface area (Å²) in [6.07, 6.45) is 7.99. The largest absolute Gasteiger partial charge is 0.444 e. The van der Waals surface area contributed by atoms with Crippen molar-refractivity contribution in [2.75, 3.05) is 0 Å². The van der Waals surface area contributed by atoms with Crippen molar-refractivity contribution in [3.05, 3.63) is 30.1 Å². The van der Waals surface area contributed by atoms with Gasteiger partial charge in [-0.25, -0.2) is 4.79 Å². The first-order valence-electron chi connectivity index (χ1n) is 9.01. The lowest BCUT2D eigenvalue weighted by Gasteiger charge is -2.33. The molecule has 1 aromatic heterocycles. The highest BCUT2D eigenvalue weighted by molar-refractivity contribution is 5.76. The Morgan fingerprint density at radius 3 is 2.32 bits per heavy atom. The van der Waals surface area contributed by atoms with Gasteiger partial charge in [-0.3, -0.25) is 9.78 Å². The van der Waals surface area contributed by atoms with Gasteiger partial charge in [0.1, 0.15) is 5.60 Å². The fourth-order valence-electron chi connectivity index (χ4n) is 3.02. The van der Waals surface area contributed by atoms with E-state index < -0.39 is 11.7 Å². The van der Waals surface area contributed by atoms with E-state index in [9.17, 15) is 9.59 Å². The van der Waals surface area contributed by atoms with Crippen LogP contribution in [-0.2, 0) is 16.0 Å². The average Bonchev–Trinajstić information content (AvgIpc) is 2.54. The number of hydrogen-bond donors (Lipinski definition) is 2. The number of alkyl carbamates (subject to hydrolysis) is 1. The second-order valence-corrected chi connectivity index (χ2v) is 7.57. The van der Waals surface area contributed by atoms with E-state index in [4.69, 9.17) is 4.74 Å². The third kappa shape index (κ3) is 7.11. The number of nitrogens with one attached hydrogen (secondary N) is 2. The van der Waals surface area contributed by atoms with Crippen LogP contribution in [0.2, 0.25) is 0 Å². The highest BCUT2D eigenvalue weighted by atomic mass is 16.6. The van der Waals surface area contributed by atoms with Crippen LogP contribution in [0.3, 0.4) is 0 Å². The first-order chi connectivity index (χ1) is 11.8. The molecule has 6 nitrogen and oxygen atoms in total. The molecule has 6 heteroatoms. The summed E-state index contributed by atoms with van der Waals surface area (Å²) >= 11 is 0. The van der Waals surface area contributed by atoms with E-state index >= 15 is 0 Å². The average molecular weight is 347 g/mol. The van der Waals surface area contributed by atoms with Gasteiger partial charge in [0.25, 0.3) is 0 Å². The first kappa shape index (κ1) is 19.2. The van der Waals surface area contributed by atoms with Crippen LogP contribution >= 0.6 is 0 Å². The summed E-state index contributed by atoms with van der Waals surface area (Å²) in [6.45, 7) is 5.52. The third-order valence-corrected chi connectivity index (χ3v) is 4.20. The van der Waals surface area contributed by atoms with E-state index in [0.717, 1.165) is 31.2 Å². The quantitative estimate of drug-likeness (QED) is 0.858. The maximum absolute atomic E-state index is 12.3. The predicted octanol–water partition coefficient (Wildman–Crippen LogP) is 2.97. The van der Waals surface area contributed by atoms with Gasteiger partial charge in [0.15, 0.2) is 0 Å². The van der Waals surface area contributed by atoms with Crippen molar-refractivity contribution in [1.29, 1.82) is 0 Å². The monoisotopic (exact) mass is 347 g/mol. The molecule has 1 aliphatic rings. The summed E-state index contributed by atoms with van der Waals surface area (Å²) in [5.74, 6) is 0.0136. The van der Waals surface area contributed by atoms with E-state index in [-0.39, 0.29) is 18.0 Å². The van der Waals surface area contributed by atoms with Crippen molar-refractivity contribution in [3.8, 4) is 0 Å². The Balaban J connectivity index is 1.83. The third-order valence-electron chi connectivity index (χ3n) is 4.20. The lowest BCUT2D eigenvalue weighted by molar-refractivity contribution is -0.122. The molecule has 1 aliphatic carbocycles. The molecule has 0 bridgehead atoms. The van der Waals surface area contributed by atoms with Crippen LogP contribution in [0.15, 0.2) is 24.5 Å². The minimum absolute atomic E-state index is 0.0136. The number of hydrogen-bond acceptors (Lipinski definition) is 4. The van der Waals surface area contributed by atoms with Crippen molar-refractivity contribution >= 4 is 12.0 Å². The van der Waals surface area contributed by atoms with Crippen molar-refractivity contribution in [3.63, 3.8) is 0 Å². The van der Waals surface area contributed by atoms with Crippen molar-refractivity contribution in [2.45, 2.75) is 77.0 Å². The van der Waals surface area contributed by atoms with Crippen LogP contribution in [0.4, 0.5) is 4.79 Å². The number of amides is 2. The molecular formula is C19H29N3O3. The SMILES string of the molecule is CC(C)(C)OC(=O)NC1CCCCC1NC(=O)CCc1ccncc1. The van der Waals surface area contributed by atoms with E-state index in [2.05, 4.69) is 15.6 Å². The Morgan fingerprint density at radius 2 is 1.72 bits per heavy atom. The van der Waals surface area contributed by atoms with Crippen molar-refractivity contribution in [1.82, 2.24) is 15.6 Å². The smallest absolute Gasteiger partial charge is 0.407 e. The lowest BCUT2D eigenvalue weighted by Crippen LogP contribution is -2.53. The highest BCUT2D eigenvalue weighted by Gasteiger charge is 2.29. The van der Waals surface area contributed by atoms with Crippen molar-refractivity contribution in [2.24, 2.45) is 0 Å². The number of carbonyl (C=O) groups is 2. The van der Waals surface area contributed by atoms with E-state index in [1.54, 1.807) is 12.4 Å². The number of nitrogens with zero attached hydrogens (tertiary/aromatic N) is 1. The van der Waals surface area contributed by atoms with Crippen LogP contribution < -0.4 is 10.6 Å². The van der Waals surface area contributed by atoms with Gasteiger partial charge in [0, 0.05) is 24.9 Å². The molecule has 0 radical (unpaired) electrons. The molecule has 0 aliphatic heterocycles. The molecule has 2 amide bonds. The van der Waals surface area contributed by atoms with Gasteiger partial charge in [0.05, 0.1) is 6.04 Å². The summed E-state index contributed by atoms with van der Waals surface area (Å²) in [6, 6.07) is 3.72. The summed E-state index contributed by atoms with van der Waals surface area (Å²) in [5.41, 5.74) is 0.569. The van der Waals surface area contributed by atoms with Crippen LogP contribution in [-0.4, -0.2) is 34.7 Å². The van der Waals surface area contributed by atoms with Crippen LogP contribution in [0.1, 0.15) is 58.4 Å². The number of pyridine rings is 1. The van der Waals surface area contributed by atoms with Gasteiger partial charge in [-0.1, -0.05) is 12.8 Å². The van der Waals surface area contributed by atoms with Gasteiger partial charge in [-0.2, -0.15) is 0 Å². The molecule has 2 rings (SSSR count). The van der Waals surface area contributed by atoms with Gasteiger partial charge >= 0.3 is 6.09 Å². The van der Waals surface area contributed by atoms with Gasteiger partial charge < -0.3 is 15.4 Å². The molecule has 0 saturated heterocycles.